The summed E-state index contributed by atoms with van der Waals surface area (Å²) in [4.78, 5) is 21.0. The topological polar surface area (TPSA) is 61.0 Å². The van der Waals surface area contributed by atoms with Crippen molar-refractivity contribution in [3.63, 3.8) is 0 Å². The number of benzene rings is 2. The van der Waals surface area contributed by atoms with E-state index in [1.54, 1.807) is 12.1 Å². The fourth-order valence-corrected chi connectivity index (χ4v) is 2.82. The smallest absolute Gasteiger partial charge is 0.295 e. The van der Waals surface area contributed by atoms with Crippen molar-refractivity contribution < 1.29 is 13.6 Å². The van der Waals surface area contributed by atoms with Crippen LogP contribution in [-0.2, 0) is 0 Å². The Labute approximate surface area is 150 Å². The number of amides is 1. The van der Waals surface area contributed by atoms with Crippen molar-refractivity contribution in [3.8, 4) is 0 Å². The second kappa shape index (κ2) is 7.51. The maximum atomic E-state index is 12.7. The fourth-order valence-electron chi connectivity index (χ4n) is 2.82. The Balaban J connectivity index is 1.76. The first kappa shape index (κ1) is 17.8. The van der Waals surface area contributed by atoms with Gasteiger partial charge in [0, 0.05) is 30.0 Å². The van der Waals surface area contributed by atoms with Gasteiger partial charge in [0.1, 0.15) is 0 Å². The summed E-state index contributed by atoms with van der Waals surface area (Å²) in [6.45, 7) is 5.99. The Kier molecular flexibility index (Phi) is 5.16. The van der Waals surface area contributed by atoms with E-state index in [0.29, 0.717) is 22.3 Å². The lowest BCUT2D eigenvalue weighted by Crippen LogP contribution is -2.21. The van der Waals surface area contributed by atoms with Crippen molar-refractivity contribution in [1.82, 2.24) is 9.97 Å². The molecule has 0 bridgehead atoms. The van der Waals surface area contributed by atoms with Crippen LogP contribution >= 0.6 is 0 Å². The minimum Gasteiger partial charge on any atom is -0.372 e. The summed E-state index contributed by atoms with van der Waals surface area (Å²) >= 11 is 0. The van der Waals surface area contributed by atoms with Crippen LogP contribution in [0.5, 0.6) is 0 Å². The lowest BCUT2D eigenvalue weighted by molar-refractivity contribution is 0.102. The summed E-state index contributed by atoms with van der Waals surface area (Å²) in [5, 5.41) is 2.81. The number of carbonyl (C=O) groups is 1. The molecule has 0 aliphatic rings. The average molecular weight is 358 g/mol. The standard InChI is InChI=1S/C19H20F2N4O/c1-3-25(4-2)14-8-6-13(7-9-14)22-19(26)12-5-10-15-16(11-12)24-18(23-15)17(20)21/h5-11,17H,3-4H2,1-2H3,(H,22,26)(H,23,24). The first-order chi connectivity index (χ1) is 12.5. The lowest BCUT2D eigenvalue weighted by atomic mass is 10.2. The van der Waals surface area contributed by atoms with Gasteiger partial charge in [-0.15, -0.1) is 0 Å². The number of hydrogen-bond donors (Lipinski definition) is 2. The van der Waals surface area contributed by atoms with Crippen LogP contribution in [0.1, 0.15) is 36.5 Å². The normalized spacial score (nSPS) is 11.1. The van der Waals surface area contributed by atoms with Crippen molar-refractivity contribution in [1.29, 1.82) is 0 Å². The van der Waals surface area contributed by atoms with Crippen molar-refractivity contribution >= 4 is 28.3 Å². The van der Waals surface area contributed by atoms with Crippen LogP contribution in [0.3, 0.4) is 0 Å². The monoisotopic (exact) mass is 358 g/mol. The number of carbonyl (C=O) groups excluding carboxylic acids is 1. The molecule has 3 aromatic rings. The quantitative estimate of drug-likeness (QED) is 0.677. The predicted octanol–water partition coefficient (Wildman–Crippen LogP) is 4.60. The van der Waals surface area contributed by atoms with E-state index in [0.717, 1.165) is 18.8 Å². The Hall–Kier alpha value is -2.96. The molecule has 5 nitrogen and oxygen atoms in total. The number of alkyl halides is 2. The van der Waals surface area contributed by atoms with Crippen LogP contribution in [0.15, 0.2) is 42.5 Å². The first-order valence-electron chi connectivity index (χ1n) is 8.46. The summed E-state index contributed by atoms with van der Waals surface area (Å²) in [5.41, 5.74) is 2.94. The van der Waals surface area contributed by atoms with Gasteiger partial charge in [-0.05, 0) is 56.3 Å². The molecule has 26 heavy (non-hydrogen) atoms. The maximum absolute atomic E-state index is 12.7. The van der Waals surface area contributed by atoms with Crippen LogP contribution in [0.2, 0.25) is 0 Å². The molecule has 0 atom stereocenters. The zero-order valence-corrected chi connectivity index (χ0v) is 14.6. The fraction of sp³-hybridized carbons (Fsp3) is 0.263. The largest absolute Gasteiger partial charge is 0.372 e. The van der Waals surface area contributed by atoms with Crippen molar-refractivity contribution in [2.75, 3.05) is 23.3 Å². The van der Waals surface area contributed by atoms with Crippen LogP contribution in [0.4, 0.5) is 20.2 Å². The number of H-pyrrole nitrogens is 1. The lowest BCUT2D eigenvalue weighted by Gasteiger charge is -2.21. The van der Waals surface area contributed by atoms with E-state index in [-0.39, 0.29) is 5.91 Å². The van der Waals surface area contributed by atoms with E-state index in [1.165, 1.54) is 6.07 Å². The van der Waals surface area contributed by atoms with E-state index in [9.17, 15) is 13.6 Å². The van der Waals surface area contributed by atoms with E-state index in [1.807, 2.05) is 24.3 Å². The number of anilines is 2. The molecule has 3 rings (SSSR count). The third-order valence-electron chi connectivity index (χ3n) is 4.22. The van der Waals surface area contributed by atoms with Gasteiger partial charge in [0.2, 0.25) is 0 Å². The molecule has 2 aromatic carbocycles. The highest BCUT2D eigenvalue weighted by Crippen LogP contribution is 2.22. The Bertz CT molecular complexity index is 902. The van der Waals surface area contributed by atoms with Gasteiger partial charge in [-0.25, -0.2) is 13.8 Å². The van der Waals surface area contributed by atoms with E-state index in [2.05, 4.69) is 34.0 Å². The van der Waals surface area contributed by atoms with Gasteiger partial charge < -0.3 is 15.2 Å². The molecule has 0 aliphatic heterocycles. The average Bonchev–Trinajstić information content (AvgIpc) is 3.07. The molecule has 0 aliphatic carbocycles. The highest BCUT2D eigenvalue weighted by Gasteiger charge is 2.14. The van der Waals surface area contributed by atoms with Gasteiger partial charge >= 0.3 is 0 Å². The van der Waals surface area contributed by atoms with Crippen molar-refractivity contribution in [3.05, 3.63) is 53.9 Å². The van der Waals surface area contributed by atoms with Gasteiger partial charge in [-0.1, -0.05) is 0 Å². The van der Waals surface area contributed by atoms with Gasteiger partial charge in [0.05, 0.1) is 11.0 Å². The molecule has 7 heteroatoms. The van der Waals surface area contributed by atoms with Crippen molar-refractivity contribution in [2.45, 2.75) is 20.3 Å². The zero-order chi connectivity index (χ0) is 18.7. The summed E-state index contributed by atoms with van der Waals surface area (Å²) < 4.78 is 25.4. The van der Waals surface area contributed by atoms with Crippen LogP contribution in [0, 0.1) is 0 Å². The predicted molar refractivity (Wildman–Crippen MR) is 99.0 cm³/mol. The molecule has 0 fully saturated rings. The number of nitrogens with one attached hydrogen (secondary N) is 2. The molecule has 2 N–H and O–H groups in total. The summed E-state index contributed by atoms with van der Waals surface area (Å²) in [5.74, 6) is -0.708. The first-order valence-corrected chi connectivity index (χ1v) is 8.46. The highest BCUT2D eigenvalue weighted by atomic mass is 19.3. The summed E-state index contributed by atoms with van der Waals surface area (Å²) in [6.07, 6.45) is -2.68. The molecule has 0 saturated heterocycles. The van der Waals surface area contributed by atoms with E-state index < -0.39 is 12.2 Å². The number of imidazole rings is 1. The van der Waals surface area contributed by atoms with Gasteiger partial charge in [-0.3, -0.25) is 4.79 Å². The summed E-state index contributed by atoms with van der Waals surface area (Å²) in [6, 6.07) is 12.2. The SMILES string of the molecule is CCN(CC)c1ccc(NC(=O)c2ccc3nc(C(F)F)[nH]c3c2)cc1. The highest BCUT2D eigenvalue weighted by molar-refractivity contribution is 6.06. The number of hydrogen-bond acceptors (Lipinski definition) is 3. The number of nitrogens with zero attached hydrogens (tertiary/aromatic N) is 2. The molecular formula is C19H20F2N4O. The van der Waals surface area contributed by atoms with Crippen LogP contribution < -0.4 is 10.2 Å². The van der Waals surface area contributed by atoms with Gasteiger partial charge in [0.25, 0.3) is 12.3 Å². The van der Waals surface area contributed by atoms with E-state index in [4.69, 9.17) is 0 Å². The molecule has 136 valence electrons. The third kappa shape index (κ3) is 3.66. The molecule has 0 spiro atoms. The summed E-state index contributed by atoms with van der Waals surface area (Å²) in [7, 11) is 0. The zero-order valence-electron chi connectivity index (χ0n) is 14.6. The second-order valence-electron chi connectivity index (χ2n) is 5.83. The Morgan fingerprint density at radius 3 is 2.46 bits per heavy atom. The minimum atomic E-state index is -2.68. The molecular weight excluding hydrogens is 338 g/mol. The van der Waals surface area contributed by atoms with Crippen LogP contribution in [-0.4, -0.2) is 29.0 Å². The molecule has 1 amide bonds. The number of halogens is 2. The second-order valence-corrected chi connectivity index (χ2v) is 5.83. The number of rotatable bonds is 6. The van der Waals surface area contributed by atoms with E-state index >= 15 is 0 Å². The molecule has 1 aromatic heterocycles. The molecule has 0 saturated carbocycles. The number of aromatic nitrogens is 2. The van der Waals surface area contributed by atoms with Crippen molar-refractivity contribution in [2.24, 2.45) is 0 Å². The maximum Gasteiger partial charge on any atom is 0.295 e. The number of fused-ring (bicyclic) bond motifs is 1. The van der Waals surface area contributed by atoms with Crippen LogP contribution in [0.25, 0.3) is 11.0 Å². The van der Waals surface area contributed by atoms with Gasteiger partial charge in [-0.2, -0.15) is 0 Å². The molecule has 0 unspecified atom stereocenters. The Morgan fingerprint density at radius 2 is 1.85 bits per heavy atom. The molecule has 1 heterocycles. The van der Waals surface area contributed by atoms with Gasteiger partial charge in [0.15, 0.2) is 5.82 Å². The third-order valence-corrected chi connectivity index (χ3v) is 4.22. The minimum absolute atomic E-state index is 0.310. The Morgan fingerprint density at radius 1 is 1.15 bits per heavy atom. The number of aromatic amines is 1. The molecule has 0 radical (unpaired) electrons.